The smallest absolute Gasteiger partial charge is 0.353 e. The lowest BCUT2D eigenvalue weighted by molar-refractivity contribution is 0.430. The van der Waals surface area contributed by atoms with Crippen molar-refractivity contribution in [3.63, 3.8) is 0 Å². The molecule has 3 aromatic rings. The zero-order valence-corrected chi connectivity index (χ0v) is 14.4. The maximum atomic E-state index is 12.3. The van der Waals surface area contributed by atoms with Gasteiger partial charge in [-0.2, -0.15) is 0 Å². The first kappa shape index (κ1) is 16.4. The molecule has 0 saturated heterocycles. The van der Waals surface area contributed by atoms with Crippen LogP contribution in [0.5, 0.6) is 5.75 Å². The fourth-order valence-electron chi connectivity index (χ4n) is 2.57. The first-order valence-electron chi connectivity index (χ1n) is 7.66. The van der Waals surface area contributed by atoms with E-state index >= 15 is 0 Å². The second kappa shape index (κ2) is 6.97. The van der Waals surface area contributed by atoms with Gasteiger partial charge in [0.15, 0.2) is 0 Å². The standard InChI is InChI=1S/C20H18O3S/c1-13-7-6-8-14(2)16(13)12-24-19-17(21)11-18(23-20(19)22)15-9-4-3-5-10-15/h3-11,21H,12H2,1-2H3. The molecule has 4 heteroatoms. The summed E-state index contributed by atoms with van der Waals surface area (Å²) in [5.41, 5.74) is 3.77. The number of aromatic hydroxyl groups is 1. The summed E-state index contributed by atoms with van der Waals surface area (Å²) in [6.07, 6.45) is 0. The minimum absolute atomic E-state index is 0.0404. The monoisotopic (exact) mass is 338 g/mol. The van der Waals surface area contributed by atoms with Crippen LogP contribution in [0, 0.1) is 13.8 Å². The fraction of sp³-hybridized carbons (Fsp3) is 0.150. The topological polar surface area (TPSA) is 50.4 Å². The summed E-state index contributed by atoms with van der Waals surface area (Å²) in [7, 11) is 0. The van der Waals surface area contributed by atoms with Gasteiger partial charge in [-0.25, -0.2) is 4.79 Å². The molecule has 0 aliphatic rings. The Balaban J connectivity index is 1.89. The molecular weight excluding hydrogens is 320 g/mol. The lowest BCUT2D eigenvalue weighted by atomic mass is 10.1. The predicted octanol–water partition coefficient (Wildman–Crippen LogP) is 4.92. The number of hydrogen-bond acceptors (Lipinski definition) is 4. The first-order chi connectivity index (χ1) is 11.6. The summed E-state index contributed by atoms with van der Waals surface area (Å²) < 4.78 is 5.39. The van der Waals surface area contributed by atoms with Crippen LogP contribution in [0.15, 0.2) is 68.7 Å². The van der Waals surface area contributed by atoms with Crippen LogP contribution in [0.3, 0.4) is 0 Å². The highest BCUT2D eigenvalue weighted by Crippen LogP contribution is 2.32. The third kappa shape index (κ3) is 3.39. The van der Waals surface area contributed by atoms with Crippen molar-refractivity contribution in [3.8, 4) is 17.1 Å². The molecule has 0 aliphatic heterocycles. The maximum absolute atomic E-state index is 12.3. The summed E-state index contributed by atoms with van der Waals surface area (Å²) in [6, 6.07) is 16.9. The summed E-state index contributed by atoms with van der Waals surface area (Å²) in [4.78, 5) is 12.5. The Hall–Kier alpha value is -2.46. The van der Waals surface area contributed by atoms with Crippen LogP contribution in [0.1, 0.15) is 16.7 Å². The fourth-order valence-corrected chi connectivity index (χ4v) is 3.68. The molecule has 0 spiro atoms. The molecule has 122 valence electrons. The molecule has 1 aromatic heterocycles. The van der Waals surface area contributed by atoms with Crippen LogP contribution in [0.4, 0.5) is 0 Å². The van der Waals surface area contributed by atoms with Crippen molar-refractivity contribution in [1.29, 1.82) is 0 Å². The Bertz CT molecular complexity index is 894. The summed E-state index contributed by atoms with van der Waals surface area (Å²) in [5.74, 6) is 0.942. The molecule has 0 bridgehead atoms. The van der Waals surface area contributed by atoms with E-state index in [-0.39, 0.29) is 10.6 Å². The molecule has 3 rings (SSSR count). The number of hydrogen-bond donors (Lipinski definition) is 1. The molecule has 0 amide bonds. The molecule has 0 aliphatic carbocycles. The molecule has 2 aromatic carbocycles. The van der Waals surface area contributed by atoms with Crippen LogP contribution in [-0.4, -0.2) is 5.11 Å². The highest BCUT2D eigenvalue weighted by atomic mass is 32.2. The average molecular weight is 338 g/mol. The number of rotatable bonds is 4. The molecule has 0 fully saturated rings. The van der Waals surface area contributed by atoms with E-state index in [0.717, 1.165) is 5.56 Å². The zero-order valence-electron chi connectivity index (χ0n) is 13.6. The first-order valence-corrected chi connectivity index (χ1v) is 8.65. The van der Waals surface area contributed by atoms with Crippen molar-refractivity contribution in [3.05, 3.63) is 81.7 Å². The maximum Gasteiger partial charge on any atom is 0.353 e. The van der Waals surface area contributed by atoms with E-state index in [4.69, 9.17) is 4.42 Å². The number of aryl methyl sites for hydroxylation is 2. The zero-order chi connectivity index (χ0) is 17.1. The van der Waals surface area contributed by atoms with E-state index in [2.05, 4.69) is 0 Å². The highest BCUT2D eigenvalue weighted by Gasteiger charge is 2.14. The number of benzene rings is 2. The van der Waals surface area contributed by atoms with Crippen molar-refractivity contribution >= 4 is 11.8 Å². The van der Waals surface area contributed by atoms with Crippen LogP contribution in [-0.2, 0) is 5.75 Å². The van der Waals surface area contributed by atoms with Gasteiger partial charge in [0, 0.05) is 17.4 Å². The Morgan fingerprint density at radius 1 is 1.00 bits per heavy atom. The Kier molecular flexibility index (Phi) is 4.76. The van der Waals surface area contributed by atoms with Crippen LogP contribution >= 0.6 is 11.8 Å². The largest absolute Gasteiger partial charge is 0.506 e. The quantitative estimate of drug-likeness (QED) is 0.686. The van der Waals surface area contributed by atoms with E-state index in [1.165, 1.54) is 34.5 Å². The van der Waals surface area contributed by atoms with Gasteiger partial charge >= 0.3 is 5.63 Å². The number of thioether (sulfide) groups is 1. The van der Waals surface area contributed by atoms with Crippen LogP contribution in [0.25, 0.3) is 11.3 Å². The van der Waals surface area contributed by atoms with Crippen LogP contribution < -0.4 is 5.63 Å². The Labute approximate surface area is 145 Å². The van der Waals surface area contributed by atoms with Crippen molar-refractivity contribution in [2.24, 2.45) is 0 Å². The van der Waals surface area contributed by atoms with Gasteiger partial charge < -0.3 is 9.52 Å². The molecule has 0 radical (unpaired) electrons. The Morgan fingerprint density at radius 2 is 1.67 bits per heavy atom. The summed E-state index contributed by atoms with van der Waals surface area (Å²) in [6.45, 7) is 4.09. The molecule has 0 saturated carbocycles. The van der Waals surface area contributed by atoms with Gasteiger partial charge in [0.05, 0.1) is 0 Å². The Morgan fingerprint density at radius 3 is 2.29 bits per heavy atom. The SMILES string of the molecule is Cc1cccc(C)c1CSc1c(O)cc(-c2ccccc2)oc1=O. The lowest BCUT2D eigenvalue weighted by Crippen LogP contribution is -2.03. The molecule has 24 heavy (non-hydrogen) atoms. The van der Waals surface area contributed by atoms with Gasteiger partial charge in [0.2, 0.25) is 0 Å². The van der Waals surface area contributed by atoms with Gasteiger partial charge in [0.25, 0.3) is 0 Å². The molecular formula is C20H18O3S. The second-order valence-electron chi connectivity index (χ2n) is 5.64. The predicted molar refractivity (Wildman–Crippen MR) is 97.6 cm³/mol. The molecule has 0 unspecified atom stereocenters. The van der Waals surface area contributed by atoms with E-state index in [1.54, 1.807) is 0 Å². The molecule has 1 N–H and O–H groups in total. The van der Waals surface area contributed by atoms with Crippen molar-refractivity contribution in [2.75, 3.05) is 0 Å². The molecule has 0 atom stereocenters. The van der Waals surface area contributed by atoms with Gasteiger partial charge in [-0.1, -0.05) is 48.5 Å². The molecule has 1 heterocycles. The normalized spacial score (nSPS) is 10.8. The van der Waals surface area contributed by atoms with Crippen LogP contribution in [0.2, 0.25) is 0 Å². The van der Waals surface area contributed by atoms with Gasteiger partial charge in [-0.05, 0) is 30.5 Å². The van der Waals surface area contributed by atoms with E-state index in [0.29, 0.717) is 11.5 Å². The minimum atomic E-state index is -0.509. The average Bonchev–Trinajstić information content (AvgIpc) is 2.57. The van der Waals surface area contributed by atoms with Crippen molar-refractivity contribution in [2.45, 2.75) is 24.5 Å². The van der Waals surface area contributed by atoms with Gasteiger partial charge in [-0.15, -0.1) is 11.8 Å². The van der Waals surface area contributed by atoms with Crippen molar-refractivity contribution < 1.29 is 9.52 Å². The lowest BCUT2D eigenvalue weighted by Gasteiger charge is -2.10. The van der Waals surface area contributed by atoms with E-state index in [9.17, 15) is 9.90 Å². The minimum Gasteiger partial charge on any atom is -0.506 e. The van der Waals surface area contributed by atoms with E-state index in [1.807, 2.05) is 62.4 Å². The second-order valence-corrected chi connectivity index (χ2v) is 6.62. The third-order valence-electron chi connectivity index (χ3n) is 3.95. The van der Waals surface area contributed by atoms with Gasteiger partial charge in [0.1, 0.15) is 16.4 Å². The summed E-state index contributed by atoms with van der Waals surface area (Å²) in [5, 5.41) is 10.3. The van der Waals surface area contributed by atoms with Crippen molar-refractivity contribution in [1.82, 2.24) is 0 Å². The third-order valence-corrected chi connectivity index (χ3v) is 5.05. The molecule has 3 nitrogen and oxygen atoms in total. The van der Waals surface area contributed by atoms with Gasteiger partial charge in [-0.3, -0.25) is 0 Å². The van der Waals surface area contributed by atoms with E-state index < -0.39 is 5.63 Å². The highest BCUT2D eigenvalue weighted by molar-refractivity contribution is 7.98. The summed E-state index contributed by atoms with van der Waals surface area (Å²) >= 11 is 1.30.